The van der Waals surface area contributed by atoms with E-state index < -0.39 is 35.7 Å². The van der Waals surface area contributed by atoms with Crippen molar-refractivity contribution < 1.29 is 34.8 Å². The van der Waals surface area contributed by atoms with E-state index in [1.807, 2.05) is 50.2 Å². The molecule has 4 rings (SSSR count). The Morgan fingerprint density at radius 1 is 0.600 bits per heavy atom. The minimum absolute atomic E-state index is 0.317. The Bertz CT molecular complexity index is 1200. The lowest BCUT2D eigenvalue weighted by Crippen LogP contribution is -3.64. The predicted molar refractivity (Wildman–Crippen MR) is 146 cm³/mol. The van der Waals surface area contributed by atoms with Gasteiger partial charge in [-0.25, -0.2) is 0 Å². The van der Waals surface area contributed by atoms with Crippen LogP contribution in [0.1, 0.15) is 13.8 Å². The van der Waals surface area contributed by atoms with Gasteiger partial charge in [0.1, 0.15) is 0 Å². The van der Waals surface area contributed by atoms with Gasteiger partial charge in [-0.2, -0.15) is 0 Å². The van der Waals surface area contributed by atoms with Gasteiger partial charge in [-0.05, 0) is 41.9 Å². The molecule has 0 saturated heterocycles. The van der Waals surface area contributed by atoms with Crippen LogP contribution in [-0.2, 0) is 13.6 Å². The van der Waals surface area contributed by atoms with Crippen LogP contribution in [0.2, 0.25) is 0 Å². The summed E-state index contributed by atoms with van der Waals surface area (Å²) >= 11 is -0.868. The molecule has 180 valence electrons. The quantitative estimate of drug-likeness (QED) is 0.203. The van der Waals surface area contributed by atoms with E-state index in [1.54, 1.807) is 0 Å². The minimum Gasteiger partial charge on any atom is -0.303 e. The second kappa shape index (κ2) is 12.3. The maximum absolute atomic E-state index is 14.9. The highest BCUT2D eigenvalue weighted by molar-refractivity contribution is 8.05. The molecule has 0 unspecified atom stereocenters. The molecule has 0 aromatic heterocycles. The van der Waals surface area contributed by atoms with E-state index in [1.165, 1.54) is 3.57 Å². The summed E-state index contributed by atoms with van der Waals surface area (Å²) in [5.74, 6) is 0. The molecule has 0 bridgehead atoms. The van der Waals surface area contributed by atoms with Gasteiger partial charge in [0.15, 0.2) is 3.57 Å². The zero-order valence-corrected chi connectivity index (χ0v) is 23.9. The van der Waals surface area contributed by atoms with E-state index in [4.69, 9.17) is 9.05 Å². The van der Waals surface area contributed by atoms with Gasteiger partial charge >= 0.3 is 28.8 Å². The van der Waals surface area contributed by atoms with Crippen molar-refractivity contribution in [3.8, 4) is 0 Å². The summed E-state index contributed by atoms with van der Waals surface area (Å²) in [6.07, 6.45) is 0. The lowest BCUT2D eigenvalue weighted by molar-refractivity contribution is -0.499. The first-order valence-electron chi connectivity index (χ1n) is 11.7. The Kier molecular flexibility index (Phi) is 9.21. The van der Waals surface area contributed by atoms with Crippen LogP contribution in [0, 0.1) is 3.57 Å². The Labute approximate surface area is 219 Å². The molecule has 0 fully saturated rings. The van der Waals surface area contributed by atoms with Crippen LogP contribution in [0.4, 0.5) is 0 Å². The summed E-state index contributed by atoms with van der Waals surface area (Å²) in [6, 6.07) is 41.9. The van der Waals surface area contributed by atoms with Gasteiger partial charge in [0, 0.05) is 6.89 Å². The number of hydrogen-bond acceptors (Lipinski definition) is 3. The second-order valence-electron chi connectivity index (χ2n) is 7.67. The fraction of sp³-hybridized carbons (Fsp3) is 0.138. The Morgan fingerprint density at radius 2 is 0.943 bits per heavy atom. The smallest absolute Gasteiger partial charge is 0.303 e. The molecule has 4 aromatic carbocycles. The highest BCUT2D eigenvalue weighted by atomic mass is 127. The molecule has 0 heterocycles. The summed E-state index contributed by atoms with van der Waals surface area (Å²) in [6.45, 7) is 1.85. The normalized spacial score (nSPS) is 11.8. The molecule has 0 N–H and O–H groups in total. The maximum atomic E-state index is 14.9. The molecular weight excluding hydrogens is 585 g/mol. The molecule has 0 aliphatic carbocycles. The highest BCUT2D eigenvalue weighted by Gasteiger charge is 2.50. The number of benzene rings is 4. The lowest BCUT2D eigenvalue weighted by Gasteiger charge is -2.30. The summed E-state index contributed by atoms with van der Waals surface area (Å²) < 4.78 is 29.2. The van der Waals surface area contributed by atoms with Crippen molar-refractivity contribution in [1.29, 1.82) is 0 Å². The van der Waals surface area contributed by atoms with Crippen molar-refractivity contribution in [3.05, 3.63) is 125 Å². The average Bonchev–Trinajstić information content (AvgIpc) is 2.91. The molecule has 0 spiro atoms. The van der Waals surface area contributed by atoms with E-state index in [2.05, 4.69) is 84.9 Å². The third kappa shape index (κ3) is 5.58. The maximum Gasteiger partial charge on any atom is 0.407 e. The van der Waals surface area contributed by atoms with Crippen LogP contribution >= 0.6 is 14.5 Å². The SMILES string of the molecule is CCOP(=O)(OCC)C([I+]c1ccccc1)=P(c1ccccc1)(c1ccccc1)c1ccccc1. The van der Waals surface area contributed by atoms with Crippen molar-refractivity contribution >= 4 is 33.4 Å². The standard InChI is InChI=1S/C29H30IO3P2/c1-3-32-35(31,33-4-2)29(30-25-17-9-5-10-18-25)34(26-19-11-6-12-20-26,27-21-13-7-14-22-27)28-23-15-8-16-24-28/h5-24H,3-4H2,1-2H3/q+1. The molecule has 0 aliphatic heterocycles. The van der Waals surface area contributed by atoms with E-state index >= 15 is 0 Å². The van der Waals surface area contributed by atoms with Crippen molar-refractivity contribution in [2.45, 2.75) is 13.8 Å². The largest absolute Gasteiger partial charge is 0.407 e. The van der Waals surface area contributed by atoms with E-state index in [0.29, 0.717) is 13.2 Å². The van der Waals surface area contributed by atoms with E-state index in [-0.39, 0.29) is 0 Å². The Morgan fingerprint density at radius 3 is 1.29 bits per heavy atom. The van der Waals surface area contributed by atoms with Gasteiger partial charge in [0.05, 0.1) is 13.2 Å². The zero-order valence-electron chi connectivity index (χ0n) is 20.0. The third-order valence-corrected chi connectivity index (χ3v) is 19.4. The van der Waals surface area contributed by atoms with Crippen LogP contribution in [-0.4, -0.2) is 16.3 Å². The molecular formula is C29H30IO3P2+. The van der Waals surface area contributed by atoms with Crippen LogP contribution in [0.3, 0.4) is 0 Å². The summed E-state index contributed by atoms with van der Waals surface area (Å²) in [5.41, 5.74) is 0. The van der Waals surface area contributed by atoms with E-state index in [9.17, 15) is 4.57 Å². The number of hydrogen-bond donors (Lipinski definition) is 0. The first-order chi connectivity index (χ1) is 17.1. The number of rotatable bonds is 10. The molecule has 0 radical (unpaired) electrons. The van der Waals surface area contributed by atoms with Gasteiger partial charge in [-0.15, -0.1) is 0 Å². The Hall–Kier alpha value is -1.94. The third-order valence-electron chi connectivity index (χ3n) is 5.46. The lowest BCUT2D eigenvalue weighted by atomic mass is 10.4. The average molecular weight is 615 g/mol. The predicted octanol–water partition coefficient (Wildman–Crippen LogP) is 3.29. The van der Waals surface area contributed by atoms with Crippen molar-refractivity contribution in [3.63, 3.8) is 0 Å². The van der Waals surface area contributed by atoms with Gasteiger partial charge in [0.25, 0.3) is 3.04 Å². The first kappa shape index (κ1) is 26.1. The fourth-order valence-electron chi connectivity index (χ4n) is 4.08. The van der Waals surface area contributed by atoms with Crippen molar-refractivity contribution in [2.24, 2.45) is 0 Å². The van der Waals surface area contributed by atoms with Gasteiger partial charge in [-0.3, -0.25) is 4.57 Å². The molecule has 6 heteroatoms. The Balaban J connectivity index is 2.26. The molecule has 35 heavy (non-hydrogen) atoms. The van der Waals surface area contributed by atoms with Crippen LogP contribution in [0.5, 0.6) is 0 Å². The van der Waals surface area contributed by atoms with Crippen LogP contribution in [0.25, 0.3) is 0 Å². The second-order valence-corrected chi connectivity index (χ2v) is 17.9. The van der Waals surface area contributed by atoms with Crippen LogP contribution in [0.15, 0.2) is 121 Å². The van der Waals surface area contributed by atoms with Gasteiger partial charge in [-0.1, -0.05) is 109 Å². The monoisotopic (exact) mass is 615 g/mol. The molecule has 0 amide bonds. The fourth-order valence-corrected chi connectivity index (χ4v) is 19.5. The minimum atomic E-state index is -3.60. The highest BCUT2D eigenvalue weighted by Crippen LogP contribution is 2.58. The summed E-state index contributed by atoms with van der Waals surface area (Å²) in [5, 5.41) is 3.47. The molecule has 0 saturated carbocycles. The van der Waals surface area contributed by atoms with Crippen molar-refractivity contribution in [2.75, 3.05) is 13.2 Å². The summed E-state index contributed by atoms with van der Waals surface area (Å²) in [4.78, 5) is 0. The van der Waals surface area contributed by atoms with Crippen LogP contribution < -0.4 is 37.1 Å². The first-order valence-corrected chi connectivity index (χ1v) is 17.2. The summed E-state index contributed by atoms with van der Waals surface area (Å²) in [7, 11) is -3.60. The van der Waals surface area contributed by atoms with Gasteiger partial charge < -0.3 is 9.05 Å². The topological polar surface area (TPSA) is 35.5 Å². The van der Waals surface area contributed by atoms with Crippen molar-refractivity contribution in [1.82, 2.24) is 0 Å². The van der Waals surface area contributed by atoms with E-state index in [0.717, 1.165) is 19.0 Å². The zero-order chi connectivity index (χ0) is 24.6. The molecule has 0 atom stereocenters. The van der Waals surface area contributed by atoms with Gasteiger partial charge in [0.2, 0.25) is 0 Å². The molecule has 0 aliphatic rings. The molecule has 4 aromatic rings. The molecule has 3 nitrogen and oxygen atoms in total. The number of halogens is 1.